The molecule has 1 atom stereocenters. The second kappa shape index (κ2) is 12.2. The summed E-state index contributed by atoms with van der Waals surface area (Å²) in [6, 6.07) is 27.0. The van der Waals surface area contributed by atoms with E-state index in [0.717, 1.165) is 35.7 Å². The molecular weight excluding hydrogens is 408 g/mol. The van der Waals surface area contributed by atoms with Crippen LogP contribution in [0, 0.1) is 5.92 Å². The molecule has 4 nitrogen and oxygen atoms in total. The lowest BCUT2D eigenvalue weighted by Gasteiger charge is -2.40. The first-order valence-electron chi connectivity index (χ1n) is 12.2. The Balaban J connectivity index is 0.00000149. The van der Waals surface area contributed by atoms with Gasteiger partial charge in [0.2, 0.25) is 0 Å². The number of nitrogens with one attached hydrogen (secondary N) is 2. The van der Waals surface area contributed by atoms with E-state index in [1.54, 1.807) is 0 Å². The van der Waals surface area contributed by atoms with Gasteiger partial charge in [-0.15, -0.1) is 0 Å². The topological polar surface area (TPSA) is 42.5 Å². The molecule has 2 N–H and O–H groups in total. The van der Waals surface area contributed by atoms with Crippen LogP contribution in [0.25, 0.3) is 0 Å². The van der Waals surface area contributed by atoms with Crippen molar-refractivity contribution in [1.29, 1.82) is 0 Å². The maximum Gasteiger partial charge on any atom is 0.142 e. The Labute approximate surface area is 199 Å². The van der Waals surface area contributed by atoms with Crippen LogP contribution in [-0.2, 0) is 5.41 Å². The van der Waals surface area contributed by atoms with Gasteiger partial charge in [0, 0.05) is 0 Å². The summed E-state index contributed by atoms with van der Waals surface area (Å²) >= 11 is 0. The zero-order chi connectivity index (χ0) is 23.5. The minimum absolute atomic E-state index is 0.281. The fraction of sp³-hybridized carbons (Fsp3) is 0.379. The molecule has 0 amide bonds. The van der Waals surface area contributed by atoms with Crippen LogP contribution in [0.5, 0.6) is 11.5 Å². The van der Waals surface area contributed by atoms with Gasteiger partial charge >= 0.3 is 0 Å². The normalized spacial score (nSPS) is 15.6. The number of rotatable bonds is 4. The van der Waals surface area contributed by atoms with Gasteiger partial charge in [0.25, 0.3) is 0 Å². The Morgan fingerprint density at radius 3 is 1.76 bits per heavy atom. The lowest BCUT2D eigenvalue weighted by molar-refractivity contribution is 0.0936. The molecule has 1 aliphatic rings. The van der Waals surface area contributed by atoms with Crippen LogP contribution in [0.1, 0.15) is 46.1 Å². The molecule has 1 heterocycles. The van der Waals surface area contributed by atoms with E-state index in [-0.39, 0.29) is 5.41 Å². The molecule has 3 aromatic carbocycles. The molecule has 3 aromatic rings. The molecule has 4 heteroatoms. The largest absolute Gasteiger partial charge is 0.490 e. The molecule has 0 bridgehead atoms. The van der Waals surface area contributed by atoms with E-state index >= 15 is 0 Å². The predicted molar refractivity (Wildman–Crippen MR) is 140 cm³/mol. The van der Waals surface area contributed by atoms with Crippen molar-refractivity contribution in [3.05, 3.63) is 84.4 Å². The van der Waals surface area contributed by atoms with Crippen molar-refractivity contribution in [3.8, 4) is 11.5 Å². The number of para-hydroxylation sites is 4. The third-order valence-corrected chi connectivity index (χ3v) is 6.32. The van der Waals surface area contributed by atoms with Crippen molar-refractivity contribution in [3.63, 3.8) is 0 Å². The maximum absolute atomic E-state index is 6.52. The van der Waals surface area contributed by atoms with Crippen LogP contribution < -0.4 is 20.1 Å². The molecule has 0 aliphatic carbocycles. The first-order valence-corrected chi connectivity index (χ1v) is 12.2. The highest BCUT2D eigenvalue weighted by atomic mass is 16.5. The molecule has 0 fully saturated rings. The third-order valence-electron chi connectivity index (χ3n) is 6.32. The van der Waals surface area contributed by atoms with Crippen molar-refractivity contribution in [2.45, 2.75) is 46.0 Å². The number of fused-ring (bicyclic) bond motifs is 2. The Kier molecular flexibility index (Phi) is 9.05. The van der Waals surface area contributed by atoms with Gasteiger partial charge in [0.05, 0.1) is 23.5 Å². The summed E-state index contributed by atoms with van der Waals surface area (Å²) in [4.78, 5) is 0. The Morgan fingerprint density at radius 1 is 0.758 bits per heavy atom. The van der Waals surface area contributed by atoms with E-state index in [1.165, 1.54) is 5.56 Å². The first-order chi connectivity index (χ1) is 16.2. The van der Waals surface area contributed by atoms with Gasteiger partial charge < -0.3 is 20.1 Å². The van der Waals surface area contributed by atoms with Crippen LogP contribution >= 0.6 is 0 Å². The summed E-state index contributed by atoms with van der Waals surface area (Å²) in [5, 5.41) is 6.90. The Morgan fingerprint density at radius 2 is 1.24 bits per heavy atom. The van der Waals surface area contributed by atoms with Gasteiger partial charge in [-0.3, -0.25) is 0 Å². The minimum atomic E-state index is -0.281. The van der Waals surface area contributed by atoms with E-state index in [1.807, 2.05) is 50.2 Å². The Bertz CT molecular complexity index is 923. The number of benzene rings is 3. The van der Waals surface area contributed by atoms with E-state index in [2.05, 4.69) is 66.9 Å². The van der Waals surface area contributed by atoms with Crippen LogP contribution in [0.2, 0.25) is 0 Å². The van der Waals surface area contributed by atoms with Crippen LogP contribution in [-0.4, -0.2) is 19.9 Å². The van der Waals surface area contributed by atoms with Crippen LogP contribution in [0.3, 0.4) is 0 Å². The van der Waals surface area contributed by atoms with Gasteiger partial charge in [-0.25, -0.2) is 0 Å². The van der Waals surface area contributed by atoms with Crippen molar-refractivity contribution < 1.29 is 9.47 Å². The lowest BCUT2D eigenvalue weighted by Crippen LogP contribution is -2.45. The third kappa shape index (κ3) is 5.81. The number of hydrogen-bond donors (Lipinski definition) is 2. The van der Waals surface area contributed by atoms with E-state index < -0.39 is 0 Å². The quantitative estimate of drug-likeness (QED) is 0.440. The molecule has 0 aromatic heterocycles. The first kappa shape index (κ1) is 24.5. The van der Waals surface area contributed by atoms with Gasteiger partial charge in [0.15, 0.2) is 0 Å². The molecule has 1 aliphatic heterocycles. The van der Waals surface area contributed by atoms with Crippen molar-refractivity contribution in [1.82, 2.24) is 0 Å². The number of hydrogen-bond acceptors (Lipinski definition) is 4. The standard InChI is InChI=1S/C27H32N2O2.C2H6/c1-3-11-21(2)27(22-12-5-4-6-13-22)18-30-25-16-9-7-14-23(25)28-20-29-24-15-8-10-17-26(24)31-19-27;1-2/h4-10,12-17,21,28-29H,3,11,18-20H2,1-2H3;1-2H3. The van der Waals surface area contributed by atoms with Crippen LogP contribution in [0.4, 0.5) is 11.4 Å². The summed E-state index contributed by atoms with van der Waals surface area (Å²) in [5.74, 6) is 2.10. The monoisotopic (exact) mass is 446 g/mol. The van der Waals surface area contributed by atoms with Gasteiger partial charge in [-0.2, -0.15) is 0 Å². The van der Waals surface area contributed by atoms with Gasteiger partial charge in [-0.05, 0) is 42.2 Å². The molecule has 0 saturated heterocycles. The fourth-order valence-electron chi connectivity index (χ4n) is 4.38. The zero-order valence-electron chi connectivity index (χ0n) is 20.4. The Hall–Kier alpha value is -3.14. The molecule has 33 heavy (non-hydrogen) atoms. The minimum Gasteiger partial charge on any atom is -0.490 e. The molecule has 1 unspecified atom stereocenters. The maximum atomic E-state index is 6.52. The molecule has 4 rings (SSSR count). The smallest absolute Gasteiger partial charge is 0.142 e. The molecule has 176 valence electrons. The molecule has 0 spiro atoms. The molecular formula is C29H38N2O2. The van der Waals surface area contributed by atoms with Crippen molar-refractivity contribution in [2.24, 2.45) is 5.92 Å². The highest BCUT2D eigenvalue weighted by molar-refractivity contribution is 5.60. The average molecular weight is 447 g/mol. The average Bonchev–Trinajstić information content (AvgIpc) is 2.87. The zero-order valence-corrected chi connectivity index (χ0v) is 20.4. The summed E-state index contributed by atoms with van der Waals surface area (Å²) in [7, 11) is 0. The summed E-state index contributed by atoms with van der Waals surface area (Å²) in [6.45, 7) is 10.2. The SMILES string of the molecule is CC.CCCC(C)C1(c2ccccc2)COc2ccccc2NCNc2ccccc2OC1. The second-order valence-corrected chi connectivity index (χ2v) is 8.31. The highest BCUT2D eigenvalue weighted by Gasteiger charge is 2.40. The number of anilines is 2. The summed E-state index contributed by atoms with van der Waals surface area (Å²) in [5.41, 5.74) is 2.94. The number of ether oxygens (including phenoxy) is 2. The molecule has 0 saturated carbocycles. The highest BCUT2D eigenvalue weighted by Crippen LogP contribution is 2.39. The summed E-state index contributed by atoms with van der Waals surface area (Å²) in [6.07, 6.45) is 2.22. The van der Waals surface area contributed by atoms with E-state index in [0.29, 0.717) is 25.8 Å². The summed E-state index contributed by atoms with van der Waals surface area (Å²) < 4.78 is 13.0. The van der Waals surface area contributed by atoms with Gasteiger partial charge in [0.1, 0.15) is 24.7 Å². The van der Waals surface area contributed by atoms with Crippen molar-refractivity contribution in [2.75, 3.05) is 30.5 Å². The second-order valence-electron chi connectivity index (χ2n) is 8.31. The van der Waals surface area contributed by atoms with E-state index in [4.69, 9.17) is 9.47 Å². The molecule has 0 radical (unpaired) electrons. The fourth-order valence-corrected chi connectivity index (χ4v) is 4.38. The van der Waals surface area contributed by atoms with Crippen LogP contribution in [0.15, 0.2) is 78.9 Å². The van der Waals surface area contributed by atoms with Crippen molar-refractivity contribution >= 4 is 11.4 Å². The predicted octanol–water partition coefficient (Wildman–Crippen LogP) is 7.34. The van der Waals surface area contributed by atoms with Gasteiger partial charge in [-0.1, -0.05) is 88.7 Å². The van der Waals surface area contributed by atoms with E-state index in [9.17, 15) is 0 Å². The lowest BCUT2D eigenvalue weighted by atomic mass is 9.70.